The molecule has 3 N–H and O–H groups in total. The first-order valence-electron chi connectivity index (χ1n) is 6.88. The SMILES string of the molecule is CCC(=O)O[C@@]1(O)[C@@H](CO)O[C@@H](n2ccc(=O)[nH]c2=O)[C@]1(C)F. The van der Waals surface area contributed by atoms with E-state index in [1.54, 1.807) is 0 Å². The number of carbonyl (C=O) groups excluding carboxylic acids is 1. The van der Waals surface area contributed by atoms with Crippen LogP contribution in [-0.2, 0) is 14.3 Å². The van der Waals surface area contributed by atoms with Crippen LogP contribution >= 0.6 is 0 Å². The number of halogens is 1. The van der Waals surface area contributed by atoms with Crippen molar-refractivity contribution < 1.29 is 28.9 Å². The molecule has 0 aliphatic carbocycles. The molecule has 1 aliphatic heterocycles. The van der Waals surface area contributed by atoms with Gasteiger partial charge in [0.1, 0.15) is 0 Å². The number of hydrogen-bond donors (Lipinski definition) is 3. The predicted molar refractivity (Wildman–Crippen MR) is 73.2 cm³/mol. The molecule has 0 unspecified atom stereocenters. The Kier molecular flexibility index (Phi) is 4.42. The molecule has 1 aliphatic rings. The molecule has 0 saturated carbocycles. The molecule has 0 spiro atoms. The summed E-state index contributed by atoms with van der Waals surface area (Å²) in [7, 11) is 0. The van der Waals surface area contributed by atoms with Crippen molar-refractivity contribution in [3.8, 4) is 0 Å². The first-order chi connectivity index (χ1) is 10.7. The third-order valence-corrected chi connectivity index (χ3v) is 3.72. The highest BCUT2D eigenvalue weighted by Crippen LogP contribution is 2.48. The van der Waals surface area contributed by atoms with Crippen LogP contribution in [0.4, 0.5) is 4.39 Å². The van der Waals surface area contributed by atoms with E-state index < -0.39 is 47.6 Å². The van der Waals surface area contributed by atoms with Gasteiger partial charge in [-0.1, -0.05) is 6.92 Å². The van der Waals surface area contributed by atoms with Crippen molar-refractivity contribution in [1.82, 2.24) is 9.55 Å². The van der Waals surface area contributed by atoms with Crippen molar-refractivity contribution in [2.75, 3.05) is 6.61 Å². The zero-order valence-electron chi connectivity index (χ0n) is 12.5. The van der Waals surface area contributed by atoms with E-state index in [-0.39, 0.29) is 6.42 Å². The molecule has 0 aromatic carbocycles. The molecule has 9 nitrogen and oxygen atoms in total. The van der Waals surface area contributed by atoms with Crippen LogP contribution in [0.1, 0.15) is 26.5 Å². The maximum Gasteiger partial charge on any atom is 0.330 e. The second kappa shape index (κ2) is 5.87. The highest BCUT2D eigenvalue weighted by Gasteiger charge is 2.69. The average Bonchev–Trinajstić information content (AvgIpc) is 2.67. The summed E-state index contributed by atoms with van der Waals surface area (Å²) in [6.45, 7) is 1.45. The molecule has 2 heterocycles. The third kappa shape index (κ3) is 2.69. The number of H-pyrrole nitrogens is 1. The molecule has 1 fully saturated rings. The normalized spacial score (nSPS) is 33.6. The summed E-state index contributed by atoms with van der Waals surface area (Å²) in [5, 5.41) is 19.8. The fraction of sp³-hybridized carbons (Fsp3) is 0.615. The molecule has 0 radical (unpaired) electrons. The predicted octanol–water partition coefficient (Wildman–Crippen LogP) is -1.20. The van der Waals surface area contributed by atoms with Crippen molar-refractivity contribution in [1.29, 1.82) is 0 Å². The summed E-state index contributed by atoms with van der Waals surface area (Å²) < 4.78 is 25.8. The van der Waals surface area contributed by atoms with Crippen molar-refractivity contribution in [3.63, 3.8) is 0 Å². The van der Waals surface area contributed by atoms with E-state index in [1.165, 1.54) is 6.92 Å². The van der Waals surface area contributed by atoms with Gasteiger partial charge in [-0.05, 0) is 6.92 Å². The van der Waals surface area contributed by atoms with Gasteiger partial charge in [0.15, 0.2) is 12.3 Å². The Labute approximate surface area is 129 Å². The van der Waals surface area contributed by atoms with Gasteiger partial charge in [-0.3, -0.25) is 19.1 Å². The van der Waals surface area contributed by atoms with Crippen LogP contribution in [0.3, 0.4) is 0 Å². The summed E-state index contributed by atoms with van der Waals surface area (Å²) in [6.07, 6.45) is -2.50. The number of esters is 1. The topological polar surface area (TPSA) is 131 Å². The second-order valence-electron chi connectivity index (χ2n) is 5.28. The maximum absolute atomic E-state index is 15.2. The summed E-state index contributed by atoms with van der Waals surface area (Å²) in [4.78, 5) is 36.3. The maximum atomic E-state index is 15.2. The van der Waals surface area contributed by atoms with E-state index >= 15 is 4.39 Å². The van der Waals surface area contributed by atoms with Crippen molar-refractivity contribution in [2.24, 2.45) is 0 Å². The molecular weight excluding hydrogens is 315 g/mol. The van der Waals surface area contributed by atoms with Gasteiger partial charge in [-0.15, -0.1) is 0 Å². The summed E-state index contributed by atoms with van der Waals surface area (Å²) >= 11 is 0. The van der Waals surface area contributed by atoms with Crippen LogP contribution in [-0.4, -0.2) is 49.9 Å². The Balaban J connectivity index is 2.50. The van der Waals surface area contributed by atoms with Gasteiger partial charge < -0.3 is 19.7 Å². The minimum Gasteiger partial charge on any atom is -0.426 e. The lowest BCUT2D eigenvalue weighted by molar-refractivity contribution is -0.266. The fourth-order valence-electron chi connectivity index (χ4n) is 2.38. The number of aliphatic hydroxyl groups is 2. The zero-order valence-corrected chi connectivity index (χ0v) is 12.5. The van der Waals surface area contributed by atoms with Crippen molar-refractivity contribution in [3.05, 3.63) is 33.1 Å². The minimum atomic E-state index is -2.80. The Morgan fingerprint density at radius 3 is 2.74 bits per heavy atom. The van der Waals surface area contributed by atoms with Gasteiger partial charge in [-0.2, -0.15) is 0 Å². The van der Waals surface area contributed by atoms with Crippen LogP contribution in [0.5, 0.6) is 0 Å². The highest BCUT2D eigenvalue weighted by molar-refractivity contribution is 5.69. The fourth-order valence-corrected chi connectivity index (χ4v) is 2.38. The summed E-state index contributed by atoms with van der Waals surface area (Å²) in [5.74, 6) is -3.71. The zero-order chi connectivity index (χ0) is 17.4. The second-order valence-corrected chi connectivity index (χ2v) is 5.28. The lowest BCUT2D eigenvalue weighted by atomic mass is 9.93. The number of alkyl halides is 1. The van der Waals surface area contributed by atoms with Crippen LogP contribution in [0.25, 0.3) is 0 Å². The van der Waals surface area contributed by atoms with E-state index in [0.717, 1.165) is 19.2 Å². The number of hydrogen-bond acceptors (Lipinski definition) is 7. The van der Waals surface area contributed by atoms with Gasteiger partial charge in [-0.25, -0.2) is 9.18 Å². The van der Waals surface area contributed by atoms with Gasteiger partial charge in [0, 0.05) is 18.7 Å². The Bertz CT molecular complexity index is 713. The largest absolute Gasteiger partial charge is 0.426 e. The Morgan fingerprint density at radius 1 is 1.57 bits per heavy atom. The molecule has 2 rings (SSSR count). The van der Waals surface area contributed by atoms with Crippen LogP contribution in [0.15, 0.2) is 21.9 Å². The molecule has 0 bridgehead atoms. The van der Waals surface area contributed by atoms with E-state index in [4.69, 9.17) is 9.47 Å². The lowest BCUT2D eigenvalue weighted by Crippen LogP contribution is -2.57. The highest BCUT2D eigenvalue weighted by atomic mass is 19.1. The van der Waals surface area contributed by atoms with Crippen molar-refractivity contribution in [2.45, 2.75) is 44.1 Å². The Morgan fingerprint density at radius 2 is 2.22 bits per heavy atom. The number of nitrogens with zero attached hydrogens (tertiary/aromatic N) is 1. The molecule has 1 aromatic heterocycles. The van der Waals surface area contributed by atoms with E-state index in [2.05, 4.69) is 0 Å². The molecule has 10 heteroatoms. The first-order valence-corrected chi connectivity index (χ1v) is 6.88. The molecule has 0 amide bonds. The standard InChI is InChI=1S/C13H17FN2O7/c1-3-9(19)23-13(21)7(6-17)22-10(12(13,2)14)16-5-4-8(18)15-11(16)20/h4-5,7,10,17,21H,3,6H2,1-2H3,(H,15,18,20)/t7-,10-,12+,13+/m1/s1. The van der Waals surface area contributed by atoms with E-state index in [0.29, 0.717) is 4.57 Å². The van der Waals surface area contributed by atoms with Gasteiger partial charge in [0.25, 0.3) is 11.3 Å². The van der Waals surface area contributed by atoms with Gasteiger partial charge in [0.2, 0.25) is 5.67 Å². The van der Waals surface area contributed by atoms with E-state index in [9.17, 15) is 24.6 Å². The number of ether oxygens (including phenoxy) is 2. The number of aromatic nitrogens is 2. The number of carbonyl (C=O) groups is 1. The monoisotopic (exact) mass is 332 g/mol. The Hall–Kier alpha value is -2.04. The van der Waals surface area contributed by atoms with Gasteiger partial charge >= 0.3 is 11.7 Å². The quantitative estimate of drug-likeness (QED) is 0.466. The minimum absolute atomic E-state index is 0.139. The van der Waals surface area contributed by atoms with Crippen molar-refractivity contribution >= 4 is 5.97 Å². The molecule has 4 atom stereocenters. The van der Waals surface area contributed by atoms with Crippen LogP contribution in [0.2, 0.25) is 0 Å². The first kappa shape index (κ1) is 17.3. The summed E-state index contributed by atoms with van der Waals surface area (Å²) in [5.41, 5.74) is -4.45. The third-order valence-electron chi connectivity index (χ3n) is 3.72. The van der Waals surface area contributed by atoms with Crippen LogP contribution < -0.4 is 11.2 Å². The van der Waals surface area contributed by atoms with Gasteiger partial charge in [0.05, 0.1) is 6.61 Å². The average molecular weight is 332 g/mol. The smallest absolute Gasteiger partial charge is 0.330 e. The number of aliphatic hydroxyl groups excluding tert-OH is 1. The van der Waals surface area contributed by atoms with E-state index in [1.807, 2.05) is 4.98 Å². The van der Waals surface area contributed by atoms with Crippen LogP contribution in [0, 0.1) is 0 Å². The molecule has 1 aromatic rings. The number of aromatic amines is 1. The summed E-state index contributed by atoms with van der Waals surface area (Å²) in [6, 6.07) is 0.963. The number of nitrogens with one attached hydrogen (secondary N) is 1. The molecular formula is C13H17FN2O7. The lowest BCUT2D eigenvalue weighted by Gasteiger charge is -2.34. The number of rotatable bonds is 4. The molecule has 23 heavy (non-hydrogen) atoms. The molecule has 128 valence electrons. The molecule has 1 saturated heterocycles.